The average molecular weight is 367 g/mol. The van der Waals surface area contributed by atoms with Gasteiger partial charge in [0, 0.05) is 26.3 Å². The SMILES string of the molecule is Cc1cc2cc3c(cc2c(-c2ccc(Cl)cc2)[n+]1-c1nn[nH]n1)OCO3. The summed E-state index contributed by atoms with van der Waals surface area (Å²) in [6.07, 6.45) is 0. The smallest absolute Gasteiger partial charge is 0.454 e. The van der Waals surface area contributed by atoms with E-state index in [2.05, 4.69) is 26.7 Å². The summed E-state index contributed by atoms with van der Waals surface area (Å²) >= 11 is 6.08. The predicted molar refractivity (Wildman–Crippen MR) is 94.5 cm³/mol. The van der Waals surface area contributed by atoms with Crippen molar-refractivity contribution in [1.29, 1.82) is 0 Å². The summed E-state index contributed by atoms with van der Waals surface area (Å²) in [6.45, 7) is 2.23. The van der Waals surface area contributed by atoms with Crippen LogP contribution in [0.15, 0.2) is 42.5 Å². The van der Waals surface area contributed by atoms with Crippen LogP contribution in [0.1, 0.15) is 5.69 Å². The van der Waals surface area contributed by atoms with Crippen LogP contribution in [0, 0.1) is 6.92 Å². The Bertz CT molecular complexity index is 1130. The van der Waals surface area contributed by atoms with Gasteiger partial charge in [0.1, 0.15) is 5.69 Å². The highest BCUT2D eigenvalue weighted by molar-refractivity contribution is 6.30. The number of nitrogens with one attached hydrogen (secondary N) is 1. The first-order valence-corrected chi connectivity index (χ1v) is 8.37. The molecule has 2 aromatic carbocycles. The summed E-state index contributed by atoms with van der Waals surface area (Å²) in [5.74, 6) is 1.93. The maximum Gasteiger partial charge on any atom is 0.483 e. The van der Waals surface area contributed by atoms with Crippen molar-refractivity contribution >= 4 is 22.4 Å². The van der Waals surface area contributed by atoms with Crippen LogP contribution in [0.3, 0.4) is 0 Å². The lowest BCUT2D eigenvalue weighted by atomic mass is 10.0. The number of fused-ring (bicyclic) bond motifs is 2. The number of aryl methyl sites for hydroxylation is 1. The van der Waals surface area contributed by atoms with Crippen molar-refractivity contribution in [2.45, 2.75) is 6.92 Å². The van der Waals surface area contributed by atoms with Gasteiger partial charge in [-0.05, 0) is 54.8 Å². The molecule has 26 heavy (non-hydrogen) atoms. The van der Waals surface area contributed by atoms with Gasteiger partial charge in [0.25, 0.3) is 0 Å². The van der Waals surface area contributed by atoms with Gasteiger partial charge in [-0.15, -0.1) is 0 Å². The predicted octanol–water partition coefficient (Wildman–Crippen LogP) is 2.99. The van der Waals surface area contributed by atoms with Crippen molar-refractivity contribution < 1.29 is 14.0 Å². The molecule has 1 N–H and O–H groups in total. The summed E-state index contributed by atoms with van der Waals surface area (Å²) in [6, 6.07) is 13.7. The topological polar surface area (TPSA) is 76.8 Å². The molecular formula is C18H13ClN5O2+. The lowest BCUT2D eigenvalue weighted by molar-refractivity contribution is -0.597. The zero-order valence-corrected chi connectivity index (χ0v) is 14.5. The first kappa shape index (κ1) is 15.1. The fourth-order valence-electron chi connectivity index (χ4n) is 3.27. The van der Waals surface area contributed by atoms with E-state index in [9.17, 15) is 0 Å². The molecule has 0 fully saturated rings. The molecule has 5 rings (SSSR count). The van der Waals surface area contributed by atoms with Gasteiger partial charge in [-0.1, -0.05) is 16.8 Å². The van der Waals surface area contributed by atoms with E-state index in [0.29, 0.717) is 11.0 Å². The molecule has 0 radical (unpaired) electrons. The van der Waals surface area contributed by atoms with Crippen LogP contribution < -0.4 is 14.0 Å². The number of hydrogen-bond donors (Lipinski definition) is 1. The summed E-state index contributed by atoms with van der Waals surface area (Å²) in [4.78, 5) is 0. The number of benzene rings is 2. The maximum atomic E-state index is 6.08. The maximum absolute atomic E-state index is 6.08. The van der Waals surface area contributed by atoms with Gasteiger partial charge in [-0.3, -0.25) is 0 Å². The van der Waals surface area contributed by atoms with Gasteiger partial charge < -0.3 is 9.47 Å². The second-order valence-corrected chi connectivity index (χ2v) is 6.42. The molecule has 0 saturated heterocycles. The van der Waals surface area contributed by atoms with E-state index in [0.717, 1.165) is 39.2 Å². The number of aromatic nitrogens is 5. The molecule has 0 amide bonds. The number of tetrazole rings is 1. The van der Waals surface area contributed by atoms with Gasteiger partial charge in [0.05, 0.1) is 10.8 Å². The Balaban J connectivity index is 1.90. The molecule has 0 bridgehead atoms. The molecule has 2 aromatic heterocycles. The van der Waals surface area contributed by atoms with E-state index in [-0.39, 0.29) is 6.79 Å². The molecule has 0 unspecified atom stereocenters. The molecule has 0 spiro atoms. The van der Waals surface area contributed by atoms with Gasteiger partial charge >= 0.3 is 5.95 Å². The van der Waals surface area contributed by atoms with Crippen LogP contribution in [-0.2, 0) is 0 Å². The van der Waals surface area contributed by atoms with Gasteiger partial charge in [0.15, 0.2) is 11.5 Å². The second-order valence-electron chi connectivity index (χ2n) is 5.98. The summed E-state index contributed by atoms with van der Waals surface area (Å²) < 4.78 is 13.1. The first-order chi connectivity index (χ1) is 12.7. The quantitative estimate of drug-likeness (QED) is 0.552. The monoisotopic (exact) mass is 366 g/mol. The third-order valence-corrected chi connectivity index (χ3v) is 4.64. The molecule has 1 aliphatic rings. The van der Waals surface area contributed by atoms with Crippen molar-refractivity contribution in [2.75, 3.05) is 6.79 Å². The lowest BCUT2D eigenvalue weighted by Gasteiger charge is -2.13. The van der Waals surface area contributed by atoms with Crippen molar-refractivity contribution in [3.63, 3.8) is 0 Å². The number of halogens is 1. The highest BCUT2D eigenvalue weighted by Crippen LogP contribution is 2.39. The molecule has 0 saturated carbocycles. The Morgan fingerprint density at radius 1 is 1.08 bits per heavy atom. The number of hydrogen-bond acceptors (Lipinski definition) is 5. The molecule has 1 aliphatic heterocycles. The van der Waals surface area contributed by atoms with Crippen LogP contribution in [0.25, 0.3) is 28.0 Å². The van der Waals surface area contributed by atoms with Crippen LogP contribution in [0.5, 0.6) is 11.5 Å². The molecule has 0 aliphatic carbocycles. The number of rotatable bonds is 2. The molecule has 7 nitrogen and oxygen atoms in total. The van der Waals surface area contributed by atoms with E-state index >= 15 is 0 Å². The second kappa shape index (κ2) is 5.67. The lowest BCUT2D eigenvalue weighted by Crippen LogP contribution is -2.38. The van der Waals surface area contributed by atoms with E-state index < -0.39 is 0 Å². The Morgan fingerprint density at radius 3 is 2.58 bits per heavy atom. The van der Waals surface area contributed by atoms with Crippen LogP contribution in [-0.4, -0.2) is 27.4 Å². The van der Waals surface area contributed by atoms with Crippen molar-refractivity contribution in [3.8, 4) is 28.7 Å². The highest BCUT2D eigenvalue weighted by atomic mass is 35.5. The third kappa shape index (κ3) is 2.28. The minimum atomic E-state index is 0.228. The zero-order valence-electron chi connectivity index (χ0n) is 13.7. The van der Waals surface area contributed by atoms with Crippen molar-refractivity contribution in [2.24, 2.45) is 0 Å². The fourth-order valence-corrected chi connectivity index (χ4v) is 3.40. The summed E-state index contributed by atoms with van der Waals surface area (Å²) in [7, 11) is 0. The Morgan fingerprint density at radius 2 is 1.85 bits per heavy atom. The average Bonchev–Trinajstić information content (AvgIpc) is 3.31. The number of aromatic amines is 1. The van der Waals surface area contributed by atoms with Crippen LogP contribution in [0.2, 0.25) is 5.02 Å². The van der Waals surface area contributed by atoms with Gasteiger partial charge in [-0.25, -0.2) is 0 Å². The molecule has 128 valence electrons. The number of nitrogens with zero attached hydrogens (tertiary/aromatic N) is 4. The zero-order chi connectivity index (χ0) is 17.7. The Kier molecular flexibility index (Phi) is 3.29. The molecule has 4 aromatic rings. The Hall–Kier alpha value is -3.19. The minimum absolute atomic E-state index is 0.228. The standard InChI is InChI=1S/C18H13ClN5O2/c1-10-6-12-7-15-16(26-9-25-15)8-14(12)17(11-2-4-13(19)5-3-11)24(10)18-20-22-23-21-18/h2-8H,9H2,1H3,(H,20,21,22,23)/q+1. The highest BCUT2D eigenvalue weighted by Gasteiger charge is 2.25. The van der Waals surface area contributed by atoms with Gasteiger partial charge in [0.2, 0.25) is 6.79 Å². The number of ether oxygens (including phenoxy) is 2. The normalized spacial score (nSPS) is 12.7. The largest absolute Gasteiger partial charge is 0.483 e. The molecular weight excluding hydrogens is 354 g/mol. The van der Waals surface area contributed by atoms with Crippen LogP contribution >= 0.6 is 11.6 Å². The Labute approximate surface area is 153 Å². The summed E-state index contributed by atoms with van der Waals surface area (Å²) in [5.41, 5.74) is 2.87. The van der Waals surface area contributed by atoms with E-state index in [1.165, 1.54) is 0 Å². The molecule has 8 heteroatoms. The first-order valence-electron chi connectivity index (χ1n) is 7.99. The number of pyridine rings is 1. The fraction of sp³-hybridized carbons (Fsp3) is 0.111. The van der Waals surface area contributed by atoms with E-state index in [1.54, 1.807) is 0 Å². The minimum Gasteiger partial charge on any atom is -0.454 e. The molecule has 0 atom stereocenters. The van der Waals surface area contributed by atoms with Crippen LogP contribution in [0.4, 0.5) is 0 Å². The van der Waals surface area contributed by atoms with Crippen molar-refractivity contribution in [3.05, 3.63) is 53.2 Å². The van der Waals surface area contributed by atoms with Crippen molar-refractivity contribution in [1.82, 2.24) is 20.6 Å². The van der Waals surface area contributed by atoms with E-state index in [4.69, 9.17) is 21.1 Å². The third-order valence-electron chi connectivity index (χ3n) is 4.39. The molecule has 3 heterocycles. The van der Waals surface area contributed by atoms with E-state index in [1.807, 2.05) is 47.9 Å². The van der Waals surface area contributed by atoms with Gasteiger partial charge in [-0.2, -0.15) is 4.57 Å². The number of H-pyrrole nitrogens is 1. The summed E-state index contributed by atoms with van der Waals surface area (Å²) in [5, 5.41) is 17.3.